The van der Waals surface area contributed by atoms with Crippen LogP contribution in [0.15, 0.2) is 91.2 Å². The van der Waals surface area contributed by atoms with Gasteiger partial charge in [-0.3, -0.25) is 0 Å². The third-order valence-corrected chi connectivity index (χ3v) is 5.35. The quantitative estimate of drug-likeness (QED) is 0.182. The van der Waals surface area contributed by atoms with Gasteiger partial charge in [0.05, 0.1) is 36.7 Å². The third-order valence-electron chi connectivity index (χ3n) is 5.35. The molecule has 4 rings (SSSR count). The van der Waals surface area contributed by atoms with Crippen LogP contribution in [0, 0.1) is 22.7 Å². The largest absolute Gasteiger partial charge is 0.497 e. The molecule has 0 atom stereocenters. The van der Waals surface area contributed by atoms with Gasteiger partial charge in [0.15, 0.2) is 0 Å². The van der Waals surface area contributed by atoms with E-state index in [-0.39, 0.29) is 0 Å². The van der Waals surface area contributed by atoms with Crippen molar-refractivity contribution >= 4 is 27.6 Å². The van der Waals surface area contributed by atoms with E-state index in [4.69, 9.17) is 14.7 Å². The molecule has 4 nitrogen and oxygen atoms in total. The first-order valence-corrected chi connectivity index (χ1v) is 10.7. The molecule has 0 saturated carbocycles. The van der Waals surface area contributed by atoms with E-state index in [0.717, 1.165) is 32.7 Å². The van der Waals surface area contributed by atoms with Gasteiger partial charge in [0.1, 0.15) is 12.7 Å². The molecule has 0 N–H and O–H groups in total. The Morgan fingerprint density at radius 1 is 0.697 bits per heavy atom. The third kappa shape index (κ3) is 5.10. The summed E-state index contributed by atoms with van der Waals surface area (Å²) in [5.41, 5.74) is 3.23. The number of hydrogen-bond acceptors (Lipinski definition) is 4. The van der Waals surface area contributed by atoms with E-state index in [1.54, 1.807) is 18.4 Å². The Morgan fingerprint density at radius 2 is 1.36 bits per heavy atom. The van der Waals surface area contributed by atoms with Crippen LogP contribution in [0.3, 0.4) is 0 Å². The van der Waals surface area contributed by atoms with Crippen LogP contribution in [-0.4, -0.2) is 13.2 Å². The molecule has 0 bridgehead atoms. The molecule has 4 aromatic carbocycles. The smallest absolute Gasteiger partial charge is 0.106 e. The van der Waals surface area contributed by atoms with Gasteiger partial charge in [-0.05, 0) is 46.0 Å². The van der Waals surface area contributed by atoms with Gasteiger partial charge in [0, 0.05) is 10.9 Å². The van der Waals surface area contributed by atoms with Gasteiger partial charge in [-0.25, -0.2) is 0 Å². The molecule has 0 amide bonds. The lowest BCUT2D eigenvalue weighted by Gasteiger charge is -2.13. The number of benzene rings is 4. The topological polar surface area (TPSA) is 66.0 Å². The second-order valence-electron chi connectivity index (χ2n) is 7.41. The summed E-state index contributed by atoms with van der Waals surface area (Å²) < 4.78 is 11.3. The molecule has 0 radical (unpaired) electrons. The van der Waals surface area contributed by atoms with Crippen LogP contribution in [0.4, 0.5) is 0 Å². The maximum absolute atomic E-state index is 9.85. The average Bonchev–Trinajstić information content (AvgIpc) is 2.88. The van der Waals surface area contributed by atoms with Crippen LogP contribution in [0.2, 0.25) is 0 Å². The molecule has 0 saturated heterocycles. The van der Waals surface area contributed by atoms with Gasteiger partial charge in [0.25, 0.3) is 0 Å². The Labute approximate surface area is 193 Å². The highest BCUT2D eigenvalue weighted by Crippen LogP contribution is 2.32. The van der Waals surface area contributed by atoms with Crippen molar-refractivity contribution in [3.05, 3.63) is 113 Å². The summed E-state index contributed by atoms with van der Waals surface area (Å²) in [4.78, 5) is 0. The minimum atomic E-state index is 0.344. The molecular weight excluding hydrogens is 408 g/mol. The molecule has 0 fully saturated rings. The van der Waals surface area contributed by atoms with Crippen LogP contribution < -0.4 is 0 Å². The van der Waals surface area contributed by atoms with E-state index >= 15 is 0 Å². The summed E-state index contributed by atoms with van der Waals surface area (Å²) in [7, 11) is 0. The number of hydrogen-bond donors (Lipinski definition) is 0. The normalized spacial score (nSPS) is 11.2. The summed E-state index contributed by atoms with van der Waals surface area (Å²) in [5, 5.41) is 22.9. The van der Waals surface area contributed by atoms with Crippen molar-refractivity contribution in [2.24, 2.45) is 0 Å². The second kappa shape index (κ2) is 10.8. The van der Waals surface area contributed by atoms with Crippen molar-refractivity contribution < 1.29 is 9.47 Å². The zero-order chi connectivity index (χ0) is 22.9. The zero-order valence-corrected chi connectivity index (χ0v) is 18.1. The van der Waals surface area contributed by atoms with Crippen molar-refractivity contribution in [1.29, 1.82) is 10.5 Å². The molecule has 0 heterocycles. The fourth-order valence-electron chi connectivity index (χ4n) is 3.79. The van der Waals surface area contributed by atoms with Crippen LogP contribution >= 0.6 is 0 Å². The van der Waals surface area contributed by atoms with Crippen LogP contribution in [0.1, 0.15) is 22.3 Å². The van der Waals surface area contributed by atoms with E-state index in [0.29, 0.717) is 30.9 Å². The number of fused-ring (bicyclic) bond motifs is 3. The van der Waals surface area contributed by atoms with Crippen molar-refractivity contribution in [1.82, 2.24) is 0 Å². The average molecular weight is 431 g/mol. The zero-order valence-electron chi connectivity index (χ0n) is 18.1. The number of rotatable bonds is 8. The number of ether oxygens (including phenoxy) is 2. The Balaban J connectivity index is 1.34. The van der Waals surface area contributed by atoms with Gasteiger partial charge < -0.3 is 9.47 Å². The van der Waals surface area contributed by atoms with Crippen LogP contribution in [0.25, 0.3) is 27.6 Å². The standard InChI is InChI=1S/C29H22N2O2/c30-19-23-14-12-22(13-15-23)7-5-16-32-17-6-18-33-21-29-27-11-4-2-9-25(27)24-8-1-3-10-26(24)28(29)20-31/h1-15,17H,16,18,21H2/b7-5+,17-6+. The highest BCUT2D eigenvalue weighted by atomic mass is 16.5. The first-order chi connectivity index (χ1) is 16.3. The van der Waals surface area contributed by atoms with E-state index < -0.39 is 0 Å². The van der Waals surface area contributed by atoms with E-state index in [1.807, 2.05) is 66.8 Å². The highest BCUT2D eigenvalue weighted by molar-refractivity contribution is 6.11. The summed E-state index contributed by atoms with van der Waals surface area (Å²) in [6.45, 7) is 1.16. The van der Waals surface area contributed by atoms with E-state index in [2.05, 4.69) is 24.3 Å². The van der Waals surface area contributed by atoms with Gasteiger partial charge in [-0.15, -0.1) is 0 Å². The first kappa shape index (κ1) is 21.8. The van der Waals surface area contributed by atoms with Crippen molar-refractivity contribution in [2.75, 3.05) is 13.2 Å². The lowest BCUT2D eigenvalue weighted by Crippen LogP contribution is -1.99. The number of nitriles is 2. The molecule has 0 aliphatic carbocycles. The molecule has 4 aromatic rings. The predicted molar refractivity (Wildman–Crippen MR) is 131 cm³/mol. The lowest BCUT2D eigenvalue weighted by atomic mass is 9.92. The minimum Gasteiger partial charge on any atom is -0.497 e. The molecule has 0 aromatic heterocycles. The first-order valence-electron chi connectivity index (χ1n) is 10.7. The Kier molecular flexibility index (Phi) is 7.13. The second-order valence-corrected chi connectivity index (χ2v) is 7.41. The molecule has 160 valence electrons. The predicted octanol–water partition coefficient (Wildman–Crippen LogP) is 6.50. The van der Waals surface area contributed by atoms with E-state index in [1.165, 1.54) is 0 Å². The van der Waals surface area contributed by atoms with Gasteiger partial charge in [-0.1, -0.05) is 66.7 Å². The molecular formula is C29H22N2O2. The Bertz CT molecular complexity index is 1400. The van der Waals surface area contributed by atoms with Crippen LogP contribution in [0.5, 0.6) is 0 Å². The molecule has 4 heteroatoms. The molecule has 0 aliphatic rings. The fraction of sp³-hybridized carbons (Fsp3) is 0.103. The van der Waals surface area contributed by atoms with Crippen molar-refractivity contribution in [3.63, 3.8) is 0 Å². The molecule has 0 spiro atoms. The Morgan fingerprint density at radius 3 is 2.06 bits per heavy atom. The minimum absolute atomic E-state index is 0.344. The fourth-order valence-corrected chi connectivity index (χ4v) is 3.79. The van der Waals surface area contributed by atoms with Gasteiger partial charge in [0.2, 0.25) is 0 Å². The summed E-state index contributed by atoms with van der Waals surface area (Å²) in [6, 6.07) is 28.0. The van der Waals surface area contributed by atoms with Crippen LogP contribution in [-0.2, 0) is 16.1 Å². The lowest BCUT2D eigenvalue weighted by molar-refractivity contribution is 0.147. The SMILES string of the molecule is N#Cc1ccc(/C=C/CO/C=C/COCc2c(C#N)c3ccccc3c3ccccc23)cc1. The Hall–Kier alpha value is -4.38. The van der Waals surface area contributed by atoms with Crippen molar-refractivity contribution in [2.45, 2.75) is 6.61 Å². The van der Waals surface area contributed by atoms with Gasteiger partial charge >= 0.3 is 0 Å². The highest BCUT2D eigenvalue weighted by Gasteiger charge is 2.13. The summed E-state index contributed by atoms with van der Waals surface area (Å²) in [6.07, 6.45) is 7.28. The van der Waals surface area contributed by atoms with E-state index in [9.17, 15) is 5.26 Å². The summed E-state index contributed by atoms with van der Waals surface area (Å²) >= 11 is 0. The summed E-state index contributed by atoms with van der Waals surface area (Å²) in [5.74, 6) is 0. The van der Waals surface area contributed by atoms with Gasteiger partial charge in [-0.2, -0.15) is 10.5 Å². The maximum Gasteiger partial charge on any atom is 0.106 e. The molecule has 33 heavy (non-hydrogen) atoms. The van der Waals surface area contributed by atoms with Crippen molar-refractivity contribution in [3.8, 4) is 12.1 Å². The maximum atomic E-state index is 9.85. The number of nitrogens with zero attached hydrogens (tertiary/aromatic N) is 2. The molecule has 0 unspecified atom stereocenters. The monoisotopic (exact) mass is 430 g/mol. The molecule has 0 aliphatic heterocycles.